The van der Waals surface area contributed by atoms with Crippen molar-refractivity contribution in [3.63, 3.8) is 0 Å². The fraction of sp³-hybridized carbons (Fsp3) is 0.286. The summed E-state index contributed by atoms with van der Waals surface area (Å²) in [5.74, 6) is -0.360. The van der Waals surface area contributed by atoms with Gasteiger partial charge in [-0.25, -0.2) is 8.42 Å². The first-order valence-electron chi connectivity index (χ1n) is 12.3. The summed E-state index contributed by atoms with van der Waals surface area (Å²) in [5.41, 5.74) is 0.577. The van der Waals surface area contributed by atoms with Gasteiger partial charge in [-0.05, 0) is 62.4 Å². The summed E-state index contributed by atoms with van der Waals surface area (Å²) < 4.78 is 39.5. The van der Waals surface area contributed by atoms with Gasteiger partial charge in [-0.1, -0.05) is 41.4 Å². The third-order valence-electron chi connectivity index (χ3n) is 6.19. The molecule has 0 unspecified atom stereocenters. The number of rotatable bonds is 12. The number of carbonyl (C=O) groups excluding carboxylic acids is 2. The number of benzene rings is 3. The van der Waals surface area contributed by atoms with Crippen molar-refractivity contribution in [1.82, 2.24) is 10.2 Å². The number of halogens is 2. The van der Waals surface area contributed by atoms with Crippen LogP contribution in [0, 0.1) is 0 Å². The van der Waals surface area contributed by atoms with Gasteiger partial charge < -0.3 is 19.7 Å². The van der Waals surface area contributed by atoms with Crippen molar-refractivity contribution in [3.05, 3.63) is 82.3 Å². The maximum absolute atomic E-state index is 14.0. The van der Waals surface area contributed by atoms with Crippen LogP contribution in [0.1, 0.15) is 19.4 Å². The molecule has 0 aromatic heterocycles. The Labute approximate surface area is 244 Å². The first-order valence-corrected chi connectivity index (χ1v) is 14.5. The van der Waals surface area contributed by atoms with Gasteiger partial charge in [-0.2, -0.15) is 0 Å². The lowest BCUT2D eigenvalue weighted by molar-refractivity contribution is -0.139. The van der Waals surface area contributed by atoms with Crippen molar-refractivity contribution >= 4 is 50.7 Å². The Balaban J connectivity index is 2.10. The molecule has 0 aliphatic heterocycles. The van der Waals surface area contributed by atoms with Crippen LogP contribution in [-0.2, 0) is 26.2 Å². The third-order valence-corrected chi connectivity index (χ3v) is 8.67. The predicted molar refractivity (Wildman–Crippen MR) is 156 cm³/mol. The summed E-state index contributed by atoms with van der Waals surface area (Å²) in [5, 5.41) is 3.32. The Morgan fingerprint density at radius 2 is 1.55 bits per heavy atom. The van der Waals surface area contributed by atoms with E-state index in [1.165, 1.54) is 49.5 Å². The summed E-state index contributed by atoms with van der Waals surface area (Å²) in [6, 6.07) is 16.2. The van der Waals surface area contributed by atoms with Crippen LogP contribution in [0.4, 0.5) is 5.69 Å². The molecule has 2 amide bonds. The lowest BCUT2D eigenvalue weighted by Crippen LogP contribution is -2.51. The standard InChI is InChI=1S/C28H31Cl2N3O6S/c1-5-31-28(35)19(2)32(17-22-23(29)9-8-10-24(22)30)27(34)18-33(25-11-6-7-12-26(25)39-4)40(36,37)21-15-13-20(38-3)14-16-21/h6-16,19H,5,17-18H2,1-4H3,(H,31,35)/t19-/m1/s1. The topological polar surface area (TPSA) is 105 Å². The molecule has 0 radical (unpaired) electrons. The molecule has 0 fully saturated rings. The molecule has 0 saturated heterocycles. The van der Waals surface area contributed by atoms with E-state index in [1.807, 2.05) is 0 Å². The van der Waals surface area contributed by atoms with E-state index in [9.17, 15) is 18.0 Å². The number of hydrogen-bond acceptors (Lipinski definition) is 6. The minimum atomic E-state index is -4.29. The Morgan fingerprint density at radius 1 is 0.925 bits per heavy atom. The van der Waals surface area contributed by atoms with E-state index < -0.39 is 34.4 Å². The lowest BCUT2D eigenvalue weighted by atomic mass is 10.1. The van der Waals surface area contributed by atoms with Crippen LogP contribution >= 0.6 is 23.2 Å². The maximum atomic E-state index is 14.0. The van der Waals surface area contributed by atoms with Gasteiger partial charge in [0.1, 0.15) is 24.1 Å². The molecule has 0 saturated carbocycles. The molecule has 3 aromatic carbocycles. The lowest BCUT2D eigenvalue weighted by Gasteiger charge is -2.32. The Hall–Kier alpha value is -3.47. The molecular formula is C28H31Cl2N3O6S. The largest absolute Gasteiger partial charge is 0.497 e. The van der Waals surface area contributed by atoms with Crippen molar-refractivity contribution in [3.8, 4) is 11.5 Å². The van der Waals surface area contributed by atoms with Crippen LogP contribution in [0.25, 0.3) is 0 Å². The smallest absolute Gasteiger partial charge is 0.264 e. The van der Waals surface area contributed by atoms with Gasteiger partial charge in [0.2, 0.25) is 11.8 Å². The maximum Gasteiger partial charge on any atom is 0.264 e. The summed E-state index contributed by atoms with van der Waals surface area (Å²) >= 11 is 12.8. The Kier molecular flexibility index (Phi) is 10.7. The highest BCUT2D eigenvalue weighted by Gasteiger charge is 2.34. The van der Waals surface area contributed by atoms with Crippen molar-refractivity contribution in [2.24, 2.45) is 0 Å². The fourth-order valence-corrected chi connectivity index (χ4v) is 5.92. The number of carbonyl (C=O) groups is 2. The Morgan fingerprint density at radius 3 is 2.12 bits per heavy atom. The van der Waals surface area contributed by atoms with Crippen LogP contribution in [-0.4, -0.2) is 58.5 Å². The molecule has 1 atom stereocenters. The molecule has 12 heteroatoms. The fourth-order valence-electron chi connectivity index (χ4n) is 3.98. The number of anilines is 1. The van der Waals surface area contributed by atoms with Crippen LogP contribution in [0.5, 0.6) is 11.5 Å². The summed E-state index contributed by atoms with van der Waals surface area (Å²) in [6.07, 6.45) is 0. The van der Waals surface area contributed by atoms with Crippen molar-refractivity contribution < 1.29 is 27.5 Å². The van der Waals surface area contributed by atoms with Gasteiger partial charge in [0.05, 0.1) is 24.8 Å². The predicted octanol–water partition coefficient (Wildman–Crippen LogP) is 4.76. The number of nitrogens with zero attached hydrogens (tertiary/aromatic N) is 2. The highest BCUT2D eigenvalue weighted by atomic mass is 35.5. The average molecular weight is 609 g/mol. The summed E-state index contributed by atoms with van der Waals surface area (Å²) in [4.78, 5) is 28.0. The second-order valence-electron chi connectivity index (χ2n) is 8.65. The van der Waals surface area contributed by atoms with Gasteiger partial charge in [0.15, 0.2) is 0 Å². The molecule has 1 N–H and O–H groups in total. The molecule has 214 valence electrons. The van der Waals surface area contributed by atoms with Crippen molar-refractivity contribution in [1.29, 1.82) is 0 Å². The molecule has 40 heavy (non-hydrogen) atoms. The number of nitrogens with one attached hydrogen (secondary N) is 1. The minimum Gasteiger partial charge on any atom is -0.497 e. The van der Waals surface area contributed by atoms with Gasteiger partial charge >= 0.3 is 0 Å². The van der Waals surface area contributed by atoms with E-state index in [4.69, 9.17) is 32.7 Å². The quantitative estimate of drug-likeness (QED) is 0.318. The average Bonchev–Trinajstić information content (AvgIpc) is 2.95. The number of likely N-dealkylation sites (N-methyl/N-ethyl adjacent to an activating group) is 1. The number of ether oxygens (including phenoxy) is 2. The molecule has 3 rings (SSSR count). The molecule has 0 heterocycles. The zero-order valence-electron chi connectivity index (χ0n) is 22.6. The zero-order chi connectivity index (χ0) is 29.4. The normalized spacial score (nSPS) is 11.8. The second-order valence-corrected chi connectivity index (χ2v) is 11.3. The highest BCUT2D eigenvalue weighted by Crippen LogP contribution is 2.33. The van der Waals surface area contributed by atoms with E-state index in [2.05, 4.69) is 5.32 Å². The second kappa shape index (κ2) is 13.7. The van der Waals surface area contributed by atoms with E-state index in [0.29, 0.717) is 27.9 Å². The monoisotopic (exact) mass is 607 g/mol. The summed E-state index contributed by atoms with van der Waals surface area (Å²) in [6.45, 7) is 2.89. The number of hydrogen-bond donors (Lipinski definition) is 1. The van der Waals surface area contributed by atoms with E-state index in [1.54, 1.807) is 50.2 Å². The third kappa shape index (κ3) is 6.99. The number of sulfonamides is 1. The highest BCUT2D eigenvalue weighted by molar-refractivity contribution is 7.92. The van der Waals surface area contributed by atoms with Crippen LogP contribution < -0.4 is 19.1 Å². The molecule has 0 aliphatic carbocycles. The van der Waals surface area contributed by atoms with Crippen molar-refractivity contribution in [2.75, 3.05) is 31.6 Å². The van der Waals surface area contributed by atoms with Gasteiger partial charge in [-0.3, -0.25) is 13.9 Å². The number of amides is 2. The molecule has 3 aromatic rings. The zero-order valence-corrected chi connectivity index (χ0v) is 24.9. The minimum absolute atomic E-state index is 0.0653. The number of methoxy groups -OCH3 is 2. The SMILES string of the molecule is CCNC(=O)[C@@H](C)N(Cc1c(Cl)cccc1Cl)C(=O)CN(c1ccccc1OC)S(=O)(=O)c1ccc(OC)cc1. The van der Waals surface area contributed by atoms with E-state index >= 15 is 0 Å². The number of para-hydroxylation sites is 2. The van der Waals surface area contributed by atoms with Gasteiger partial charge in [0, 0.05) is 28.7 Å². The summed E-state index contributed by atoms with van der Waals surface area (Å²) in [7, 11) is -1.41. The molecule has 9 nitrogen and oxygen atoms in total. The van der Waals surface area contributed by atoms with E-state index in [0.717, 1.165) is 4.31 Å². The Bertz CT molecular complexity index is 1430. The van der Waals surface area contributed by atoms with Crippen molar-refractivity contribution in [2.45, 2.75) is 31.3 Å². The first kappa shape index (κ1) is 31.1. The van der Waals surface area contributed by atoms with Crippen LogP contribution in [0.3, 0.4) is 0 Å². The van der Waals surface area contributed by atoms with E-state index in [-0.39, 0.29) is 22.9 Å². The van der Waals surface area contributed by atoms with Gasteiger partial charge in [0.25, 0.3) is 10.0 Å². The van der Waals surface area contributed by atoms with Crippen LogP contribution in [0.15, 0.2) is 71.6 Å². The van der Waals surface area contributed by atoms with Gasteiger partial charge in [-0.15, -0.1) is 0 Å². The van der Waals surface area contributed by atoms with Crippen LogP contribution in [0.2, 0.25) is 10.0 Å². The molecule has 0 bridgehead atoms. The molecule has 0 aliphatic rings. The first-order chi connectivity index (χ1) is 19.0. The molecular weight excluding hydrogens is 577 g/mol. The molecule has 0 spiro atoms.